The molecule has 0 radical (unpaired) electrons. The van der Waals surface area contributed by atoms with Crippen LogP contribution in [0.15, 0.2) is 28.9 Å². The molecule has 2 unspecified atom stereocenters. The Balaban J connectivity index is 1.83. The van der Waals surface area contributed by atoms with Crippen molar-refractivity contribution in [2.24, 2.45) is 0 Å². The maximum atomic E-state index is 12.7. The van der Waals surface area contributed by atoms with Crippen molar-refractivity contribution < 1.29 is 9.21 Å². The highest BCUT2D eigenvalue weighted by Crippen LogP contribution is 2.26. The zero-order valence-corrected chi connectivity index (χ0v) is 13.1. The van der Waals surface area contributed by atoms with Crippen molar-refractivity contribution in [2.45, 2.75) is 58.5 Å². The lowest BCUT2D eigenvalue weighted by molar-refractivity contribution is -0.136. The van der Waals surface area contributed by atoms with Crippen molar-refractivity contribution in [1.82, 2.24) is 4.90 Å². The first-order valence-corrected chi connectivity index (χ1v) is 7.84. The number of amides is 1. The summed E-state index contributed by atoms with van der Waals surface area (Å²) in [5, 5.41) is 1.06. The predicted octanol–water partition coefficient (Wildman–Crippen LogP) is 4.07. The molecule has 1 fully saturated rings. The summed E-state index contributed by atoms with van der Waals surface area (Å²) in [7, 11) is 0. The topological polar surface area (TPSA) is 33.5 Å². The fourth-order valence-corrected chi connectivity index (χ4v) is 3.49. The number of piperidine rings is 1. The Kier molecular flexibility index (Phi) is 3.75. The molecule has 1 saturated heterocycles. The number of hydrogen-bond donors (Lipinski definition) is 0. The van der Waals surface area contributed by atoms with Gasteiger partial charge >= 0.3 is 0 Å². The van der Waals surface area contributed by atoms with Crippen molar-refractivity contribution in [3.63, 3.8) is 0 Å². The second-order valence-electron chi connectivity index (χ2n) is 6.37. The van der Waals surface area contributed by atoms with Crippen molar-refractivity contribution in [3.8, 4) is 0 Å². The minimum atomic E-state index is 0.220. The Hall–Kier alpha value is -1.77. The molecule has 112 valence electrons. The first-order chi connectivity index (χ1) is 10.1. The van der Waals surface area contributed by atoms with E-state index in [2.05, 4.69) is 30.9 Å². The van der Waals surface area contributed by atoms with Crippen molar-refractivity contribution >= 4 is 16.9 Å². The number of fused-ring (bicyclic) bond motifs is 1. The fraction of sp³-hybridized carbons (Fsp3) is 0.500. The smallest absolute Gasteiger partial charge is 0.227 e. The molecule has 1 aromatic heterocycles. The highest BCUT2D eigenvalue weighted by atomic mass is 16.3. The first kappa shape index (κ1) is 14.2. The molecule has 1 aliphatic heterocycles. The van der Waals surface area contributed by atoms with Gasteiger partial charge in [-0.15, -0.1) is 0 Å². The van der Waals surface area contributed by atoms with E-state index in [1.807, 2.05) is 13.0 Å². The average Bonchev–Trinajstić information content (AvgIpc) is 2.80. The summed E-state index contributed by atoms with van der Waals surface area (Å²) in [6, 6.07) is 6.84. The van der Waals surface area contributed by atoms with E-state index in [9.17, 15) is 4.79 Å². The van der Waals surface area contributed by atoms with Gasteiger partial charge in [0.15, 0.2) is 0 Å². The van der Waals surface area contributed by atoms with Gasteiger partial charge in [0.25, 0.3) is 0 Å². The molecule has 2 aromatic rings. The van der Waals surface area contributed by atoms with E-state index in [0.29, 0.717) is 18.5 Å². The van der Waals surface area contributed by atoms with E-state index in [0.717, 1.165) is 29.4 Å². The number of likely N-dealkylation sites (tertiary alicyclic amines) is 1. The van der Waals surface area contributed by atoms with E-state index < -0.39 is 0 Å². The predicted molar refractivity (Wildman–Crippen MR) is 84.3 cm³/mol. The molecule has 2 atom stereocenters. The Morgan fingerprint density at radius 1 is 1.29 bits per heavy atom. The largest absolute Gasteiger partial charge is 0.464 e. The Morgan fingerprint density at radius 2 is 2.00 bits per heavy atom. The highest BCUT2D eigenvalue weighted by Gasteiger charge is 2.29. The van der Waals surface area contributed by atoms with Crippen LogP contribution in [0, 0.1) is 6.92 Å². The van der Waals surface area contributed by atoms with Gasteiger partial charge in [-0.25, -0.2) is 0 Å². The van der Waals surface area contributed by atoms with E-state index in [1.165, 1.54) is 12.0 Å². The summed E-state index contributed by atoms with van der Waals surface area (Å²) in [5.74, 6) is 0.220. The number of benzene rings is 1. The lowest BCUT2D eigenvalue weighted by Crippen LogP contribution is -2.48. The average molecular weight is 285 g/mol. The van der Waals surface area contributed by atoms with Gasteiger partial charge in [-0.05, 0) is 51.7 Å². The first-order valence-electron chi connectivity index (χ1n) is 7.84. The molecule has 1 aromatic carbocycles. The zero-order valence-electron chi connectivity index (χ0n) is 13.1. The van der Waals surface area contributed by atoms with Gasteiger partial charge in [-0.2, -0.15) is 0 Å². The molecule has 0 spiro atoms. The quantitative estimate of drug-likeness (QED) is 0.833. The summed E-state index contributed by atoms with van der Waals surface area (Å²) in [6.45, 7) is 6.36. The van der Waals surface area contributed by atoms with E-state index >= 15 is 0 Å². The number of carbonyl (C=O) groups excluding carboxylic acids is 1. The van der Waals surface area contributed by atoms with Crippen LogP contribution in [-0.2, 0) is 11.2 Å². The van der Waals surface area contributed by atoms with Crippen LogP contribution < -0.4 is 0 Å². The maximum Gasteiger partial charge on any atom is 0.227 e. The van der Waals surface area contributed by atoms with Gasteiger partial charge in [0.05, 0.1) is 12.7 Å². The second kappa shape index (κ2) is 5.55. The molecule has 0 bridgehead atoms. The van der Waals surface area contributed by atoms with Gasteiger partial charge in [0.1, 0.15) is 5.58 Å². The van der Waals surface area contributed by atoms with Crippen LogP contribution in [0.25, 0.3) is 11.0 Å². The van der Waals surface area contributed by atoms with Gasteiger partial charge in [-0.3, -0.25) is 4.79 Å². The summed E-state index contributed by atoms with van der Waals surface area (Å²) in [5.41, 5.74) is 3.05. The van der Waals surface area contributed by atoms with Crippen molar-refractivity contribution in [2.75, 3.05) is 0 Å². The molecule has 2 heterocycles. The van der Waals surface area contributed by atoms with Crippen LogP contribution in [0.2, 0.25) is 0 Å². The molecule has 1 aliphatic rings. The van der Waals surface area contributed by atoms with Crippen LogP contribution >= 0.6 is 0 Å². The standard InChI is InChI=1S/C18H23NO2/c1-12-7-8-16-15(11-21-17(16)9-12)10-18(20)19-13(2)5-4-6-14(19)3/h7-9,11,13-14H,4-6,10H2,1-3H3. The third-order valence-electron chi connectivity index (χ3n) is 4.63. The zero-order chi connectivity index (χ0) is 15.0. The SMILES string of the molecule is Cc1ccc2c(CC(=O)N3C(C)CCCC3C)coc2c1. The van der Waals surface area contributed by atoms with Crippen LogP contribution in [-0.4, -0.2) is 22.9 Å². The normalized spacial score (nSPS) is 22.7. The fourth-order valence-electron chi connectivity index (χ4n) is 3.49. The second-order valence-corrected chi connectivity index (χ2v) is 6.37. The number of hydrogen-bond acceptors (Lipinski definition) is 2. The van der Waals surface area contributed by atoms with Crippen molar-refractivity contribution in [3.05, 3.63) is 35.6 Å². The third-order valence-corrected chi connectivity index (χ3v) is 4.63. The number of rotatable bonds is 2. The molecular formula is C18H23NO2. The summed E-state index contributed by atoms with van der Waals surface area (Å²) in [6.07, 6.45) is 5.62. The monoisotopic (exact) mass is 285 g/mol. The molecule has 3 nitrogen and oxygen atoms in total. The van der Waals surface area contributed by atoms with Gasteiger partial charge < -0.3 is 9.32 Å². The lowest BCUT2D eigenvalue weighted by Gasteiger charge is -2.39. The molecule has 21 heavy (non-hydrogen) atoms. The van der Waals surface area contributed by atoms with Gasteiger partial charge in [0.2, 0.25) is 5.91 Å². The third kappa shape index (κ3) is 2.69. The minimum Gasteiger partial charge on any atom is -0.464 e. The number of nitrogens with zero attached hydrogens (tertiary/aromatic N) is 1. The number of aryl methyl sites for hydroxylation is 1. The molecule has 0 aliphatic carbocycles. The van der Waals surface area contributed by atoms with E-state index in [4.69, 9.17) is 4.42 Å². The maximum absolute atomic E-state index is 12.7. The minimum absolute atomic E-state index is 0.220. The van der Waals surface area contributed by atoms with Crippen LogP contribution in [0.1, 0.15) is 44.2 Å². The van der Waals surface area contributed by atoms with Crippen molar-refractivity contribution in [1.29, 1.82) is 0 Å². The number of carbonyl (C=O) groups is 1. The summed E-state index contributed by atoms with van der Waals surface area (Å²) in [4.78, 5) is 14.7. The van der Waals surface area contributed by atoms with Crippen LogP contribution in [0.4, 0.5) is 0 Å². The van der Waals surface area contributed by atoms with E-state index in [1.54, 1.807) is 6.26 Å². The molecule has 0 saturated carbocycles. The lowest BCUT2D eigenvalue weighted by atomic mass is 9.96. The van der Waals surface area contributed by atoms with Gasteiger partial charge in [0, 0.05) is 23.0 Å². The van der Waals surface area contributed by atoms with E-state index in [-0.39, 0.29) is 5.91 Å². The number of furan rings is 1. The molecule has 3 heteroatoms. The van der Waals surface area contributed by atoms with Crippen LogP contribution in [0.5, 0.6) is 0 Å². The Morgan fingerprint density at radius 3 is 2.71 bits per heavy atom. The molecule has 1 amide bonds. The summed E-state index contributed by atoms with van der Waals surface area (Å²) < 4.78 is 5.60. The molecule has 0 N–H and O–H groups in total. The summed E-state index contributed by atoms with van der Waals surface area (Å²) >= 11 is 0. The Labute approximate surface area is 125 Å². The molecule has 3 rings (SSSR count). The van der Waals surface area contributed by atoms with Crippen LogP contribution in [0.3, 0.4) is 0 Å². The Bertz CT molecular complexity index is 648. The molecular weight excluding hydrogens is 262 g/mol. The highest BCUT2D eigenvalue weighted by molar-refractivity contribution is 5.88. The van der Waals surface area contributed by atoms with Gasteiger partial charge in [-0.1, -0.05) is 12.1 Å².